The van der Waals surface area contributed by atoms with Gasteiger partial charge in [-0.1, -0.05) is 47.9 Å². The van der Waals surface area contributed by atoms with Crippen molar-refractivity contribution in [3.05, 3.63) is 76.5 Å². The van der Waals surface area contributed by atoms with E-state index in [1.807, 2.05) is 30.0 Å². The highest BCUT2D eigenvalue weighted by atomic mass is 35.5. The van der Waals surface area contributed by atoms with Crippen molar-refractivity contribution in [2.45, 2.75) is 26.3 Å². The predicted octanol–water partition coefficient (Wildman–Crippen LogP) is 5.60. The van der Waals surface area contributed by atoms with Crippen LogP contribution in [0.1, 0.15) is 37.8 Å². The first kappa shape index (κ1) is 20.5. The summed E-state index contributed by atoms with van der Waals surface area (Å²) in [4.78, 5) is 6.62. The van der Waals surface area contributed by atoms with E-state index in [1.165, 1.54) is 12.1 Å². The molecular weight excluding hydrogens is 423 g/mol. The van der Waals surface area contributed by atoms with Gasteiger partial charge in [0.1, 0.15) is 5.82 Å². The van der Waals surface area contributed by atoms with E-state index < -0.39 is 6.04 Å². The molecule has 4 rings (SSSR count). The van der Waals surface area contributed by atoms with Gasteiger partial charge in [-0.15, -0.1) is 0 Å². The fourth-order valence-electron chi connectivity index (χ4n) is 3.57. The number of hydrogen-bond donors (Lipinski definition) is 1. The Morgan fingerprint density at radius 3 is 2.77 bits per heavy atom. The molecule has 1 aromatic heterocycles. The average Bonchev–Trinajstić information content (AvgIpc) is 3.20. The van der Waals surface area contributed by atoms with Crippen LogP contribution in [0.25, 0.3) is 17.0 Å². The number of halogens is 2. The van der Waals surface area contributed by atoms with Gasteiger partial charge >= 0.3 is 0 Å². The molecule has 1 aliphatic heterocycles. The summed E-state index contributed by atoms with van der Waals surface area (Å²) in [5.74, 6) is 0.465. The minimum atomic E-state index is -0.408. The van der Waals surface area contributed by atoms with Crippen molar-refractivity contribution < 1.29 is 8.91 Å². The van der Waals surface area contributed by atoms with Crippen LogP contribution in [0.4, 0.5) is 4.39 Å². The molecule has 2 heterocycles. The van der Waals surface area contributed by atoms with Gasteiger partial charge < -0.3 is 14.7 Å². The molecule has 3 aromatic rings. The van der Waals surface area contributed by atoms with Crippen molar-refractivity contribution in [1.29, 1.82) is 0 Å². The van der Waals surface area contributed by atoms with Crippen LogP contribution in [-0.2, 0) is 0 Å². The third kappa shape index (κ3) is 3.95. The van der Waals surface area contributed by atoms with E-state index in [-0.39, 0.29) is 5.82 Å². The van der Waals surface area contributed by atoms with Gasteiger partial charge in [0.25, 0.3) is 5.89 Å². The molecule has 8 heteroatoms. The Kier molecular flexibility index (Phi) is 5.83. The van der Waals surface area contributed by atoms with Gasteiger partial charge in [0.2, 0.25) is 5.82 Å². The summed E-state index contributed by atoms with van der Waals surface area (Å²) >= 11 is 11.7. The SMILES string of the molecule is CCCN1C(=S)NC(c2cccc(F)c2)C(c2nc(-c3cccc(Cl)c3)no2)=C1C. The second-order valence-electron chi connectivity index (χ2n) is 7.02. The summed E-state index contributed by atoms with van der Waals surface area (Å²) in [6.45, 7) is 4.79. The zero-order chi connectivity index (χ0) is 21.3. The first-order valence-electron chi connectivity index (χ1n) is 9.62. The first-order valence-corrected chi connectivity index (χ1v) is 10.4. The first-order chi connectivity index (χ1) is 14.5. The van der Waals surface area contributed by atoms with Crippen molar-refractivity contribution in [2.75, 3.05) is 6.54 Å². The highest BCUT2D eigenvalue weighted by Gasteiger charge is 2.33. The van der Waals surface area contributed by atoms with Crippen LogP contribution in [0, 0.1) is 5.82 Å². The molecule has 1 atom stereocenters. The molecule has 1 unspecified atom stereocenters. The van der Waals surface area contributed by atoms with Gasteiger partial charge in [0.05, 0.1) is 11.6 Å². The summed E-state index contributed by atoms with van der Waals surface area (Å²) in [6.07, 6.45) is 0.911. The maximum atomic E-state index is 14.0. The third-order valence-electron chi connectivity index (χ3n) is 4.96. The van der Waals surface area contributed by atoms with Crippen LogP contribution < -0.4 is 5.32 Å². The molecule has 0 saturated heterocycles. The Balaban J connectivity index is 1.82. The molecule has 154 valence electrons. The van der Waals surface area contributed by atoms with Gasteiger partial charge in [-0.2, -0.15) is 4.98 Å². The van der Waals surface area contributed by atoms with E-state index in [0.717, 1.165) is 35.4 Å². The number of rotatable bonds is 5. The third-order valence-corrected chi connectivity index (χ3v) is 5.54. The maximum absolute atomic E-state index is 14.0. The number of nitrogens with zero attached hydrogens (tertiary/aromatic N) is 3. The Morgan fingerprint density at radius 2 is 2.03 bits per heavy atom. The highest BCUT2D eigenvalue weighted by Crippen LogP contribution is 2.37. The minimum Gasteiger partial charge on any atom is -0.351 e. The molecule has 0 amide bonds. The van der Waals surface area contributed by atoms with Crippen LogP contribution in [0.15, 0.2) is 58.8 Å². The molecule has 0 bridgehead atoms. The molecule has 0 radical (unpaired) electrons. The molecule has 0 spiro atoms. The second kappa shape index (κ2) is 8.53. The number of thiocarbonyl (C=S) groups is 1. The number of nitrogens with one attached hydrogen (secondary N) is 1. The highest BCUT2D eigenvalue weighted by molar-refractivity contribution is 7.80. The Bertz CT molecular complexity index is 1130. The van der Waals surface area contributed by atoms with Crippen LogP contribution in [0.3, 0.4) is 0 Å². The molecule has 5 nitrogen and oxygen atoms in total. The lowest BCUT2D eigenvalue weighted by molar-refractivity contribution is 0.396. The lowest BCUT2D eigenvalue weighted by Crippen LogP contribution is -2.46. The molecule has 0 saturated carbocycles. The summed E-state index contributed by atoms with van der Waals surface area (Å²) in [7, 11) is 0. The Labute approximate surface area is 184 Å². The van der Waals surface area contributed by atoms with Gasteiger partial charge in [-0.25, -0.2) is 4.39 Å². The van der Waals surface area contributed by atoms with E-state index in [2.05, 4.69) is 22.4 Å². The molecule has 0 fully saturated rings. The summed E-state index contributed by atoms with van der Waals surface area (Å²) in [6, 6.07) is 13.3. The van der Waals surface area contributed by atoms with Crippen molar-refractivity contribution >= 4 is 34.5 Å². The van der Waals surface area contributed by atoms with Gasteiger partial charge in [0, 0.05) is 22.8 Å². The van der Waals surface area contributed by atoms with Gasteiger partial charge in [0.15, 0.2) is 5.11 Å². The van der Waals surface area contributed by atoms with E-state index in [1.54, 1.807) is 18.2 Å². The van der Waals surface area contributed by atoms with Crippen LogP contribution in [-0.4, -0.2) is 26.7 Å². The van der Waals surface area contributed by atoms with Gasteiger partial charge in [-0.05, 0) is 55.4 Å². The Hall–Kier alpha value is -2.77. The van der Waals surface area contributed by atoms with Crippen molar-refractivity contribution in [1.82, 2.24) is 20.4 Å². The largest absolute Gasteiger partial charge is 0.351 e. The maximum Gasteiger partial charge on any atom is 0.258 e. The normalized spacial score (nSPS) is 16.7. The number of aromatic nitrogens is 2. The van der Waals surface area contributed by atoms with Gasteiger partial charge in [-0.3, -0.25) is 0 Å². The fourth-order valence-corrected chi connectivity index (χ4v) is 4.10. The second-order valence-corrected chi connectivity index (χ2v) is 7.84. The topological polar surface area (TPSA) is 54.2 Å². The number of hydrogen-bond acceptors (Lipinski definition) is 4. The van der Waals surface area contributed by atoms with Crippen LogP contribution >= 0.6 is 23.8 Å². The zero-order valence-electron chi connectivity index (χ0n) is 16.5. The summed E-state index contributed by atoms with van der Waals surface area (Å²) in [5, 5.41) is 8.63. The molecular formula is C22H20ClFN4OS. The van der Waals surface area contributed by atoms with E-state index >= 15 is 0 Å². The zero-order valence-corrected chi connectivity index (χ0v) is 18.1. The van der Waals surface area contributed by atoms with E-state index in [4.69, 9.17) is 28.3 Å². The molecule has 2 aromatic carbocycles. The molecule has 0 aliphatic carbocycles. The molecule has 1 N–H and O–H groups in total. The lowest BCUT2D eigenvalue weighted by Gasteiger charge is -2.37. The minimum absolute atomic E-state index is 0.321. The quantitative estimate of drug-likeness (QED) is 0.519. The summed E-state index contributed by atoms with van der Waals surface area (Å²) < 4.78 is 19.6. The Morgan fingerprint density at radius 1 is 1.23 bits per heavy atom. The van der Waals surface area contributed by atoms with Crippen LogP contribution in [0.5, 0.6) is 0 Å². The smallest absolute Gasteiger partial charge is 0.258 e. The number of benzene rings is 2. The standard InChI is InChI=1S/C22H20ClFN4OS/c1-3-10-28-13(2)18(19(25-22(28)30)14-6-5-9-17(24)12-14)21-26-20(27-29-21)15-7-4-8-16(23)11-15/h4-9,11-12,19H,3,10H2,1-2H3,(H,25,30). The number of allylic oxidation sites excluding steroid dienone is 1. The van der Waals surface area contributed by atoms with E-state index in [0.29, 0.717) is 21.9 Å². The van der Waals surface area contributed by atoms with Crippen molar-refractivity contribution in [2.24, 2.45) is 0 Å². The van der Waals surface area contributed by atoms with Crippen LogP contribution in [0.2, 0.25) is 5.02 Å². The monoisotopic (exact) mass is 442 g/mol. The molecule has 1 aliphatic rings. The van der Waals surface area contributed by atoms with Crippen molar-refractivity contribution in [3.8, 4) is 11.4 Å². The average molecular weight is 443 g/mol. The predicted molar refractivity (Wildman–Crippen MR) is 119 cm³/mol. The van der Waals surface area contributed by atoms with E-state index in [9.17, 15) is 4.39 Å². The lowest BCUT2D eigenvalue weighted by atomic mass is 9.94. The summed E-state index contributed by atoms with van der Waals surface area (Å²) in [5.41, 5.74) is 3.15. The molecule has 30 heavy (non-hydrogen) atoms. The van der Waals surface area contributed by atoms with Crippen molar-refractivity contribution in [3.63, 3.8) is 0 Å². The fraction of sp³-hybridized carbons (Fsp3) is 0.227.